The zero-order valence-corrected chi connectivity index (χ0v) is 11.4. The molecule has 3 heteroatoms. The number of hydrogen-bond donors (Lipinski definition) is 1. The van der Waals surface area contributed by atoms with Gasteiger partial charge in [-0.05, 0) is 50.5 Å². The molecule has 0 unspecified atom stereocenters. The summed E-state index contributed by atoms with van der Waals surface area (Å²) in [6, 6.07) is 6.07. The molecular weight excluding hydrogens is 238 g/mol. The van der Waals surface area contributed by atoms with Crippen LogP contribution in [0.15, 0.2) is 23.4 Å². The smallest absolute Gasteiger partial charge is 0.123 e. The normalized spacial score (nSPS) is 28.4. The Bertz CT molecular complexity index is 488. The highest BCUT2D eigenvalue weighted by Crippen LogP contribution is 2.34. The van der Waals surface area contributed by atoms with Crippen LogP contribution in [0.25, 0.3) is 0 Å². The van der Waals surface area contributed by atoms with E-state index in [2.05, 4.69) is 18.1 Å². The van der Waals surface area contributed by atoms with Gasteiger partial charge in [0.1, 0.15) is 5.75 Å². The quantitative estimate of drug-likeness (QED) is 0.649. The molecule has 0 aliphatic heterocycles. The van der Waals surface area contributed by atoms with Gasteiger partial charge in [0.2, 0.25) is 0 Å². The van der Waals surface area contributed by atoms with Crippen molar-refractivity contribution in [3.8, 4) is 5.75 Å². The summed E-state index contributed by atoms with van der Waals surface area (Å²) in [6.07, 6.45) is 6.95. The predicted octanol–water partition coefficient (Wildman–Crippen LogP) is 3.77. The van der Waals surface area contributed by atoms with Crippen LogP contribution in [0.5, 0.6) is 5.75 Å². The van der Waals surface area contributed by atoms with E-state index in [1.165, 1.54) is 18.4 Å². The van der Waals surface area contributed by atoms with Crippen LogP contribution in [-0.4, -0.2) is 17.0 Å². The Labute approximate surface area is 114 Å². The molecule has 102 valence electrons. The maximum Gasteiger partial charge on any atom is 0.123 e. The van der Waals surface area contributed by atoms with Crippen LogP contribution in [0.4, 0.5) is 0 Å². The van der Waals surface area contributed by atoms with Crippen molar-refractivity contribution < 1.29 is 9.94 Å². The highest BCUT2D eigenvalue weighted by molar-refractivity contribution is 6.04. The van der Waals surface area contributed by atoms with Crippen LogP contribution in [-0.2, 0) is 6.42 Å². The molecule has 0 spiro atoms. The van der Waals surface area contributed by atoms with Gasteiger partial charge in [-0.25, -0.2) is 0 Å². The molecule has 3 rings (SSSR count). The van der Waals surface area contributed by atoms with Gasteiger partial charge in [0.05, 0.1) is 11.8 Å². The van der Waals surface area contributed by atoms with Gasteiger partial charge in [0.25, 0.3) is 0 Å². The molecule has 1 aromatic carbocycles. The lowest BCUT2D eigenvalue weighted by atomic mass is 9.89. The van der Waals surface area contributed by atoms with Gasteiger partial charge in [-0.1, -0.05) is 24.2 Å². The SMILES string of the molecule is CC1CCC(Oc2cccc3c2CCC3=NO)CC1. The van der Waals surface area contributed by atoms with Gasteiger partial charge in [0, 0.05) is 11.1 Å². The fourth-order valence-corrected chi connectivity index (χ4v) is 3.21. The first-order chi connectivity index (χ1) is 9.28. The Morgan fingerprint density at radius 1 is 1.16 bits per heavy atom. The number of hydrogen-bond acceptors (Lipinski definition) is 3. The third kappa shape index (κ3) is 2.46. The first kappa shape index (κ1) is 12.5. The van der Waals surface area contributed by atoms with E-state index in [4.69, 9.17) is 9.94 Å². The van der Waals surface area contributed by atoms with Crippen molar-refractivity contribution in [2.24, 2.45) is 11.1 Å². The molecule has 0 bridgehead atoms. The van der Waals surface area contributed by atoms with Gasteiger partial charge in [-0.15, -0.1) is 0 Å². The van der Waals surface area contributed by atoms with Gasteiger partial charge < -0.3 is 9.94 Å². The topological polar surface area (TPSA) is 41.8 Å². The van der Waals surface area contributed by atoms with Crippen molar-refractivity contribution in [3.05, 3.63) is 29.3 Å². The van der Waals surface area contributed by atoms with E-state index in [9.17, 15) is 0 Å². The molecular formula is C16H21NO2. The van der Waals surface area contributed by atoms with Crippen molar-refractivity contribution in [1.82, 2.24) is 0 Å². The number of ether oxygens (including phenoxy) is 1. The zero-order valence-electron chi connectivity index (χ0n) is 11.4. The van der Waals surface area contributed by atoms with Crippen LogP contribution in [0.1, 0.15) is 50.2 Å². The summed E-state index contributed by atoms with van der Waals surface area (Å²) >= 11 is 0. The molecule has 19 heavy (non-hydrogen) atoms. The standard InChI is InChI=1S/C16H21NO2/c1-11-5-7-12(8-6-11)19-16-4-2-3-13-14(16)9-10-15(13)17-18/h2-4,11-12,18H,5-10H2,1H3. The lowest BCUT2D eigenvalue weighted by Crippen LogP contribution is -2.23. The van der Waals surface area contributed by atoms with E-state index < -0.39 is 0 Å². The average Bonchev–Trinajstić information content (AvgIpc) is 2.85. The number of benzene rings is 1. The molecule has 0 saturated heterocycles. The highest BCUT2D eigenvalue weighted by Gasteiger charge is 2.25. The second-order valence-electron chi connectivity index (χ2n) is 5.83. The molecule has 1 N–H and O–H groups in total. The Balaban J connectivity index is 1.78. The largest absolute Gasteiger partial charge is 0.490 e. The van der Waals surface area contributed by atoms with Crippen LogP contribution >= 0.6 is 0 Å². The summed E-state index contributed by atoms with van der Waals surface area (Å²) in [5, 5.41) is 12.4. The molecule has 0 aromatic heterocycles. The number of oxime groups is 1. The van der Waals surface area contributed by atoms with Gasteiger partial charge in [-0.2, -0.15) is 0 Å². The van der Waals surface area contributed by atoms with Gasteiger partial charge in [-0.3, -0.25) is 0 Å². The monoisotopic (exact) mass is 259 g/mol. The van der Waals surface area contributed by atoms with Crippen molar-refractivity contribution >= 4 is 5.71 Å². The number of fused-ring (bicyclic) bond motifs is 1. The molecule has 2 aliphatic carbocycles. The van der Waals surface area contributed by atoms with E-state index in [0.29, 0.717) is 6.10 Å². The van der Waals surface area contributed by atoms with Crippen LogP contribution < -0.4 is 4.74 Å². The van der Waals surface area contributed by atoms with E-state index in [1.54, 1.807) is 0 Å². The molecule has 1 aromatic rings. The highest BCUT2D eigenvalue weighted by atomic mass is 16.5. The van der Waals surface area contributed by atoms with Crippen molar-refractivity contribution in [3.63, 3.8) is 0 Å². The maximum atomic E-state index is 9.00. The minimum absolute atomic E-state index is 0.359. The van der Waals surface area contributed by atoms with Crippen molar-refractivity contribution in [1.29, 1.82) is 0 Å². The second-order valence-corrected chi connectivity index (χ2v) is 5.83. The summed E-state index contributed by atoms with van der Waals surface area (Å²) in [5.74, 6) is 1.84. The zero-order chi connectivity index (χ0) is 13.2. The third-order valence-corrected chi connectivity index (χ3v) is 4.43. The Morgan fingerprint density at radius 2 is 1.95 bits per heavy atom. The molecule has 0 radical (unpaired) electrons. The molecule has 0 amide bonds. The third-order valence-electron chi connectivity index (χ3n) is 4.43. The molecule has 3 nitrogen and oxygen atoms in total. The number of nitrogens with zero attached hydrogens (tertiary/aromatic N) is 1. The molecule has 0 heterocycles. The minimum Gasteiger partial charge on any atom is -0.490 e. The van der Waals surface area contributed by atoms with Crippen LogP contribution in [0.2, 0.25) is 0 Å². The summed E-state index contributed by atoms with van der Waals surface area (Å²) in [6.45, 7) is 2.32. The summed E-state index contributed by atoms with van der Waals surface area (Å²) in [4.78, 5) is 0. The van der Waals surface area contributed by atoms with E-state index in [0.717, 1.165) is 48.6 Å². The van der Waals surface area contributed by atoms with Crippen LogP contribution in [0, 0.1) is 5.92 Å². The van der Waals surface area contributed by atoms with E-state index >= 15 is 0 Å². The second kappa shape index (κ2) is 5.24. The fraction of sp³-hybridized carbons (Fsp3) is 0.562. The van der Waals surface area contributed by atoms with E-state index in [-0.39, 0.29) is 0 Å². The summed E-state index contributed by atoms with van der Waals surface area (Å²) in [5.41, 5.74) is 3.07. The van der Waals surface area contributed by atoms with Crippen molar-refractivity contribution in [2.45, 2.75) is 51.6 Å². The van der Waals surface area contributed by atoms with Crippen LogP contribution in [0.3, 0.4) is 0 Å². The van der Waals surface area contributed by atoms with Crippen molar-refractivity contribution in [2.75, 3.05) is 0 Å². The first-order valence-corrected chi connectivity index (χ1v) is 7.27. The minimum atomic E-state index is 0.359. The predicted molar refractivity (Wildman–Crippen MR) is 75.1 cm³/mol. The molecule has 1 fully saturated rings. The van der Waals surface area contributed by atoms with Gasteiger partial charge >= 0.3 is 0 Å². The van der Waals surface area contributed by atoms with E-state index in [1.807, 2.05) is 12.1 Å². The first-order valence-electron chi connectivity index (χ1n) is 7.27. The van der Waals surface area contributed by atoms with Gasteiger partial charge in [0.15, 0.2) is 0 Å². The Morgan fingerprint density at radius 3 is 2.68 bits per heavy atom. The Hall–Kier alpha value is -1.51. The lowest BCUT2D eigenvalue weighted by Gasteiger charge is -2.27. The maximum absolute atomic E-state index is 9.00. The summed E-state index contributed by atoms with van der Waals surface area (Å²) in [7, 11) is 0. The molecule has 2 aliphatic rings. The number of rotatable bonds is 2. The fourth-order valence-electron chi connectivity index (χ4n) is 3.21. The summed E-state index contributed by atoms with van der Waals surface area (Å²) < 4.78 is 6.20. The molecule has 0 atom stereocenters. The molecule has 1 saturated carbocycles. The average molecular weight is 259 g/mol. The Kier molecular flexibility index (Phi) is 3.45. The lowest BCUT2D eigenvalue weighted by molar-refractivity contribution is 0.134.